The highest BCUT2D eigenvalue weighted by Gasteiger charge is 2.21. The minimum absolute atomic E-state index is 0.245. The molecule has 0 saturated carbocycles. The lowest BCUT2D eigenvalue weighted by atomic mass is 9.82. The molecule has 0 spiro atoms. The molecule has 28 heavy (non-hydrogen) atoms. The fourth-order valence-electron chi connectivity index (χ4n) is 3.41. The van der Waals surface area contributed by atoms with E-state index in [1.807, 2.05) is 18.2 Å². The summed E-state index contributed by atoms with van der Waals surface area (Å²) in [6, 6.07) is 10.4. The smallest absolute Gasteiger partial charge is 0.335 e. The Hall–Kier alpha value is -2.62. The molecule has 0 saturated heterocycles. The molecule has 4 nitrogen and oxygen atoms in total. The van der Waals surface area contributed by atoms with Gasteiger partial charge in [0.25, 0.3) is 0 Å². The summed E-state index contributed by atoms with van der Waals surface area (Å²) in [7, 11) is 0. The van der Waals surface area contributed by atoms with E-state index in [1.54, 1.807) is 18.2 Å². The predicted molar refractivity (Wildman–Crippen MR) is 112 cm³/mol. The van der Waals surface area contributed by atoms with Crippen LogP contribution in [0.2, 0.25) is 0 Å². The number of aromatic carboxylic acids is 2. The number of carbonyl (C=O) groups is 2. The van der Waals surface area contributed by atoms with Gasteiger partial charge in [-0.3, -0.25) is 0 Å². The zero-order chi connectivity index (χ0) is 20.8. The second kappa shape index (κ2) is 9.54. The lowest BCUT2D eigenvalue weighted by Gasteiger charge is -2.22. The molecule has 0 unspecified atom stereocenters. The molecule has 2 aromatic rings. The van der Waals surface area contributed by atoms with Gasteiger partial charge in [0.2, 0.25) is 0 Å². The second-order valence-corrected chi connectivity index (χ2v) is 7.74. The van der Waals surface area contributed by atoms with E-state index in [2.05, 4.69) is 27.7 Å². The maximum absolute atomic E-state index is 11.9. The molecule has 150 valence electrons. The van der Waals surface area contributed by atoms with Gasteiger partial charge in [-0.15, -0.1) is 0 Å². The number of carboxylic acids is 2. The Morgan fingerprint density at radius 3 is 1.79 bits per heavy atom. The zero-order valence-corrected chi connectivity index (χ0v) is 17.2. The third kappa shape index (κ3) is 5.00. The van der Waals surface area contributed by atoms with Crippen LogP contribution in [-0.4, -0.2) is 22.2 Å². The van der Waals surface area contributed by atoms with Crippen LogP contribution >= 0.6 is 0 Å². The van der Waals surface area contributed by atoms with Crippen molar-refractivity contribution in [3.8, 4) is 11.1 Å². The van der Waals surface area contributed by atoms with Crippen LogP contribution in [0, 0.1) is 11.8 Å². The standard InChI is InChI=1S/C24H30O4/c1-5-15(3)13-21-19(17-7-9-18(10-8-17)23(25)26)11-12-20(24(27)28)22(21)14-16(4)6-2/h7-12,15-16H,5-6,13-14H2,1-4H3,(H,25,26)(H,27,28)/t15-,16-/m0/s1. The summed E-state index contributed by atoms with van der Waals surface area (Å²) in [5, 5.41) is 18.9. The van der Waals surface area contributed by atoms with Crippen molar-refractivity contribution in [3.63, 3.8) is 0 Å². The summed E-state index contributed by atoms with van der Waals surface area (Å²) in [5.41, 5.74) is 4.55. The van der Waals surface area contributed by atoms with Gasteiger partial charge in [-0.2, -0.15) is 0 Å². The highest BCUT2D eigenvalue weighted by Crippen LogP contribution is 2.33. The molecule has 0 aromatic heterocycles. The van der Waals surface area contributed by atoms with Crippen molar-refractivity contribution in [1.82, 2.24) is 0 Å². The first-order valence-corrected chi connectivity index (χ1v) is 10.00. The molecule has 4 heteroatoms. The monoisotopic (exact) mass is 382 g/mol. The first-order valence-electron chi connectivity index (χ1n) is 10.00. The molecule has 0 bridgehead atoms. The number of hydrogen-bond donors (Lipinski definition) is 2. The molecular weight excluding hydrogens is 352 g/mol. The first-order chi connectivity index (χ1) is 13.3. The average Bonchev–Trinajstić information content (AvgIpc) is 2.68. The van der Waals surface area contributed by atoms with Crippen LogP contribution in [-0.2, 0) is 12.8 Å². The topological polar surface area (TPSA) is 74.6 Å². The lowest BCUT2D eigenvalue weighted by molar-refractivity contribution is 0.0685. The summed E-state index contributed by atoms with van der Waals surface area (Å²) < 4.78 is 0. The molecule has 2 N–H and O–H groups in total. The predicted octanol–water partition coefficient (Wildman–Crippen LogP) is 5.93. The Labute approximate surface area is 167 Å². The van der Waals surface area contributed by atoms with E-state index in [4.69, 9.17) is 5.11 Å². The van der Waals surface area contributed by atoms with Crippen molar-refractivity contribution in [2.45, 2.75) is 53.4 Å². The zero-order valence-electron chi connectivity index (χ0n) is 17.2. The third-order valence-electron chi connectivity index (χ3n) is 5.60. The molecule has 0 radical (unpaired) electrons. The normalized spacial score (nSPS) is 13.1. The Morgan fingerprint density at radius 2 is 1.32 bits per heavy atom. The van der Waals surface area contributed by atoms with E-state index in [0.717, 1.165) is 47.9 Å². The largest absolute Gasteiger partial charge is 0.478 e. The van der Waals surface area contributed by atoms with Gasteiger partial charge in [-0.05, 0) is 65.1 Å². The highest BCUT2D eigenvalue weighted by atomic mass is 16.4. The number of rotatable bonds is 9. The van der Waals surface area contributed by atoms with Crippen LogP contribution in [0.3, 0.4) is 0 Å². The average molecular weight is 383 g/mol. The minimum atomic E-state index is -0.954. The van der Waals surface area contributed by atoms with E-state index >= 15 is 0 Å². The Bertz CT molecular complexity index is 836. The second-order valence-electron chi connectivity index (χ2n) is 7.74. The van der Waals surface area contributed by atoms with Crippen LogP contribution in [0.15, 0.2) is 36.4 Å². The molecule has 0 aliphatic rings. The van der Waals surface area contributed by atoms with Crippen LogP contribution in [0.5, 0.6) is 0 Å². The van der Waals surface area contributed by atoms with Gasteiger partial charge in [0, 0.05) is 0 Å². The fraction of sp³-hybridized carbons (Fsp3) is 0.417. The molecule has 0 aliphatic carbocycles. The van der Waals surface area contributed by atoms with Gasteiger partial charge < -0.3 is 10.2 Å². The van der Waals surface area contributed by atoms with Gasteiger partial charge in [0.15, 0.2) is 0 Å². The van der Waals surface area contributed by atoms with E-state index in [9.17, 15) is 14.7 Å². The van der Waals surface area contributed by atoms with Gasteiger partial charge in [-0.1, -0.05) is 58.7 Å². The fourth-order valence-corrected chi connectivity index (χ4v) is 3.41. The van der Waals surface area contributed by atoms with Crippen molar-refractivity contribution in [2.24, 2.45) is 11.8 Å². The van der Waals surface area contributed by atoms with Gasteiger partial charge in [-0.25, -0.2) is 9.59 Å². The molecule has 0 amide bonds. The van der Waals surface area contributed by atoms with Crippen molar-refractivity contribution in [2.75, 3.05) is 0 Å². The minimum Gasteiger partial charge on any atom is -0.478 e. The lowest BCUT2D eigenvalue weighted by Crippen LogP contribution is -2.13. The van der Waals surface area contributed by atoms with Crippen LogP contribution in [0.25, 0.3) is 11.1 Å². The first kappa shape index (κ1) is 21.7. The highest BCUT2D eigenvalue weighted by molar-refractivity contribution is 5.92. The van der Waals surface area contributed by atoms with E-state index in [1.165, 1.54) is 0 Å². The van der Waals surface area contributed by atoms with Crippen LogP contribution in [0.1, 0.15) is 72.4 Å². The van der Waals surface area contributed by atoms with Gasteiger partial charge >= 0.3 is 11.9 Å². The van der Waals surface area contributed by atoms with Gasteiger partial charge in [0.05, 0.1) is 11.1 Å². The SMILES string of the molecule is CC[C@H](C)Cc1c(C(=O)O)ccc(-c2ccc(C(=O)O)cc2)c1C[C@@H](C)CC. The maximum atomic E-state index is 11.9. The summed E-state index contributed by atoms with van der Waals surface area (Å²) >= 11 is 0. The molecule has 0 fully saturated rings. The summed E-state index contributed by atoms with van der Waals surface area (Å²) in [6.07, 6.45) is 3.53. The molecule has 0 aliphatic heterocycles. The Morgan fingerprint density at radius 1 is 0.786 bits per heavy atom. The third-order valence-corrected chi connectivity index (χ3v) is 5.60. The molecule has 2 rings (SSSR count). The van der Waals surface area contributed by atoms with Crippen molar-refractivity contribution < 1.29 is 19.8 Å². The number of hydrogen-bond acceptors (Lipinski definition) is 2. The number of carboxylic acid groups (broad SMARTS) is 2. The van der Waals surface area contributed by atoms with Crippen LogP contribution < -0.4 is 0 Å². The van der Waals surface area contributed by atoms with E-state index < -0.39 is 11.9 Å². The molecular formula is C24H30O4. The summed E-state index contributed by atoms with van der Waals surface area (Å²) in [5.74, 6) is -1.03. The molecule has 2 atom stereocenters. The Balaban J connectivity index is 2.67. The van der Waals surface area contributed by atoms with E-state index in [0.29, 0.717) is 17.4 Å². The Kier molecular flexibility index (Phi) is 7.38. The summed E-state index contributed by atoms with van der Waals surface area (Å²) in [4.78, 5) is 23.1. The van der Waals surface area contributed by atoms with E-state index in [-0.39, 0.29) is 5.56 Å². The number of benzene rings is 2. The summed E-state index contributed by atoms with van der Waals surface area (Å²) in [6.45, 7) is 8.58. The van der Waals surface area contributed by atoms with Crippen molar-refractivity contribution in [3.05, 3.63) is 58.7 Å². The quantitative estimate of drug-likeness (QED) is 0.564. The maximum Gasteiger partial charge on any atom is 0.335 e. The molecule has 2 aromatic carbocycles. The molecule has 0 heterocycles. The van der Waals surface area contributed by atoms with Crippen molar-refractivity contribution in [1.29, 1.82) is 0 Å². The van der Waals surface area contributed by atoms with Crippen LogP contribution in [0.4, 0.5) is 0 Å². The van der Waals surface area contributed by atoms with Gasteiger partial charge in [0.1, 0.15) is 0 Å². The van der Waals surface area contributed by atoms with Crippen molar-refractivity contribution >= 4 is 11.9 Å².